The van der Waals surface area contributed by atoms with Crippen LogP contribution in [-0.2, 0) is 0 Å². The zero-order chi connectivity index (χ0) is 18.8. The van der Waals surface area contributed by atoms with E-state index in [-0.39, 0.29) is 23.2 Å². The first-order valence-electron chi connectivity index (χ1n) is 8.71. The van der Waals surface area contributed by atoms with Gasteiger partial charge in [-0.15, -0.1) is 11.3 Å². The lowest BCUT2D eigenvalue weighted by Gasteiger charge is -2.31. The number of hydrogen-bond donors (Lipinski definition) is 1. The monoisotopic (exact) mass is 382 g/mol. The molecule has 7 nitrogen and oxygen atoms in total. The molecule has 1 fully saturated rings. The molecule has 1 saturated heterocycles. The minimum atomic E-state index is -1.15. The molecule has 0 bridgehead atoms. The standard InChI is InChI=1S/C19H18N4O3S/c24-18(22-9-4-5-13(12-22)17-20-8-10-27-17)16-11-15(19(25)26)21-23(16)14-6-2-1-3-7-14/h1-3,6-8,10-11,13H,4-5,9,12H2,(H,25,26)/t13-/m0/s1. The molecule has 1 aromatic carbocycles. The lowest BCUT2D eigenvalue weighted by atomic mass is 9.98. The third-order valence-corrected chi connectivity index (χ3v) is 5.60. The van der Waals surface area contributed by atoms with Crippen molar-refractivity contribution in [3.63, 3.8) is 0 Å². The van der Waals surface area contributed by atoms with Gasteiger partial charge < -0.3 is 10.0 Å². The summed E-state index contributed by atoms with van der Waals surface area (Å²) in [6.45, 7) is 1.22. The Morgan fingerprint density at radius 3 is 2.74 bits per heavy atom. The smallest absolute Gasteiger partial charge is 0.356 e. The fraction of sp³-hybridized carbons (Fsp3) is 0.263. The number of para-hydroxylation sites is 1. The van der Waals surface area contributed by atoms with Crippen LogP contribution in [0.15, 0.2) is 48.0 Å². The molecule has 0 aliphatic carbocycles. The topological polar surface area (TPSA) is 88.3 Å². The Kier molecular flexibility index (Phi) is 4.72. The molecule has 4 rings (SSSR count). The number of likely N-dealkylation sites (tertiary alicyclic amines) is 1. The predicted molar refractivity (Wildman–Crippen MR) is 101 cm³/mol. The molecule has 2 aromatic heterocycles. The van der Waals surface area contributed by atoms with E-state index in [0.29, 0.717) is 18.8 Å². The van der Waals surface area contributed by atoms with Crippen LogP contribution in [0, 0.1) is 0 Å². The Bertz CT molecular complexity index is 953. The van der Waals surface area contributed by atoms with E-state index < -0.39 is 5.97 Å². The van der Waals surface area contributed by atoms with Crippen LogP contribution in [0.1, 0.15) is 44.7 Å². The van der Waals surface area contributed by atoms with Crippen molar-refractivity contribution in [3.8, 4) is 5.69 Å². The number of carbonyl (C=O) groups is 2. The highest BCUT2D eigenvalue weighted by atomic mass is 32.1. The number of benzene rings is 1. The van der Waals surface area contributed by atoms with Gasteiger partial charge >= 0.3 is 5.97 Å². The van der Waals surface area contributed by atoms with Crippen molar-refractivity contribution >= 4 is 23.2 Å². The zero-order valence-electron chi connectivity index (χ0n) is 14.5. The summed E-state index contributed by atoms with van der Waals surface area (Å²) in [5.74, 6) is -1.15. The van der Waals surface area contributed by atoms with Crippen LogP contribution < -0.4 is 0 Å². The number of aromatic nitrogens is 3. The van der Waals surface area contributed by atoms with E-state index >= 15 is 0 Å². The molecule has 0 spiro atoms. The third kappa shape index (κ3) is 3.48. The van der Waals surface area contributed by atoms with Gasteiger partial charge in [0.15, 0.2) is 5.69 Å². The molecule has 1 atom stereocenters. The second-order valence-electron chi connectivity index (χ2n) is 6.43. The van der Waals surface area contributed by atoms with Crippen molar-refractivity contribution < 1.29 is 14.7 Å². The summed E-state index contributed by atoms with van der Waals surface area (Å²) in [4.78, 5) is 30.8. The maximum atomic E-state index is 13.2. The predicted octanol–water partition coefficient (Wildman–Crippen LogP) is 3.05. The molecular weight excluding hydrogens is 364 g/mol. The Hall–Kier alpha value is -3.00. The summed E-state index contributed by atoms with van der Waals surface area (Å²) in [6, 6.07) is 10.4. The summed E-state index contributed by atoms with van der Waals surface area (Å²) < 4.78 is 1.42. The number of amides is 1. The summed E-state index contributed by atoms with van der Waals surface area (Å²) in [6.07, 6.45) is 3.67. The normalized spacial score (nSPS) is 17.0. The van der Waals surface area contributed by atoms with E-state index in [0.717, 1.165) is 17.8 Å². The maximum Gasteiger partial charge on any atom is 0.356 e. The Balaban J connectivity index is 1.66. The van der Waals surface area contributed by atoms with E-state index in [2.05, 4.69) is 10.1 Å². The first-order valence-corrected chi connectivity index (χ1v) is 9.59. The van der Waals surface area contributed by atoms with Crippen LogP contribution in [0.4, 0.5) is 0 Å². The van der Waals surface area contributed by atoms with Crippen LogP contribution in [0.3, 0.4) is 0 Å². The van der Waals surface area contributed by atoms with Crippen molar-refractivity contribution in [2.75, 3.05) is 13.1 Å². The summed E-state index contributed by atoms with van der Waals surface area (Å²) >= 11 is 1.60. The Morgan fingerprint density at radius 1 is 1.22 bits per heavy atom. The zero-order valence-corrected chi connectivity index (χ0v) is 15.3. The van der Waals surface area contributed by atoms with Crippen molar-refractivity contribution in [1.29, 1.82) is 0 Å². The van der Waals surface area contributed by atoms with E-state index in [1.807, 2.05) is 23.6 Å². The van der Waals surface area contributed by atoms with Gasteiger partial charge in [0.2, 0.25) is 0 Å². The number of carbonyl (C=O) groups excluding carboxylic acids is 1. The number of hydrogen-bond acceptors (Lipinski definition) is 5. The van der Waals surface area contributed by atoms with Gasteiger partial charge in [-0.25, -0.2) is 14.5 Å². The van der Waals surface area contributed by atoms with E-state index in [4.69, 9.17) is 0 Å². The van der Waals surface area contributed by atoms with Gasteiger partial charge in [-0.05, 0) is 25.0 Å². The van der Waals surface area contributed by atoms with Gasteiger partial charge in [0, 0.05) is 36.7 Å². The first kappa shape index (κ1) is 17.4. The molecule has 27 heavy (non-hydrogen) atoms. The van der Waals surface area contributed by atoms with Crippen molar-refractivity contribution in [2.45, 2.75) is 18.8 Å². The maximum absolute atomic E-state index is 13.2. The molecule has 1 amide bonds. The fourth-order valence-electron chi connectivity index (χ4n) is 3.37. The number of carboxylic acids is 1. The van der Waals surface area contributed by atoms with E-state index in [1.165, 1.54) is 10.7 Å². The molecule has 1 N–H and O–H groups in total. The quantitative estimate of drug-likeness (QED) is 0.749. The lowest BCUT2D eigenvalue weighted by molar-refractivity contribution is 0.0686. The number of nitrogens with zero attached hydrogens (tertiary/aromatic N) is 4. The van der Waals surface area contributed by atoms with Crippen LogP contribution in [-0.4, -0.2) is 49.7 Å². The molecule has 0 radical (unpaired) electrons. The summed E-state index contributed by atoms with van der Waals surface area (Å²) in [5, 5.41) is 16.4. The SMILES string of the molecule is O=C(O)c1cc(C(=O)N2CCC[C@H](c3nccs3)C2)n(-c2ccccc2)n1. The molecule has 3 aromatic rings. The number of aromatic carboxylic acids is 1. The van der Waals surface area contributed by atoms with E-state index in [1.54, 1.807) is 34.6 Å². The molecule has 3 heterocycles. The average Bonchev–Trinajstić information content (AvgIpc) is 3.38. The van der Waals surface area contributed by atoms with Crippen molar-refractivity contribution in [2.24, 2.45) is 0 Å². The van der Waals surface area contributed by atoms with Gasteiger partial charge in [-0.2, -0.15) is 5.10 Å². The van der Waals surface area contributed by atoms with Crippen LogP contribution in [0.5, 0.6) is 0 Å². The summed E-state index contributed by atoms with van der Waals surface area (Å²) in [7, 11) is 0. The number of piperidine rings is 1. The highest BCUT2D eigenvalue weighted by Gasteiger charge is 2.30. The van der Waals surface area contributed by atoms with E-state index in [9.17, 15) is 14.7 Å². The van der Waals surface area contributed by atoms with Crippen LogP contribution >= 0.6 is 11.3 Å². The van der Waals surface area contributed by atoms with Crippen molar-refractivity contribution in [3.05, 3.63) is 64.4 Å². The second-order valence-corrected chi connectivity index (χ2v) is 7.35. The molecule has 8 heteroatoms. The first-order chi connectivity index (χ1) is 13.1. The Labute approximate surface area is 159 Å². The van der Waals surface area contributed by atoms with Gasteiger partial charge in [-0.3, -0.25) is 4.79 Å². The van der Waals surface area contributed by atoms with Crippen LogP contribution in [0.2, 0.25) is 0 Å². The largest absolute Gasteiger partial charge is 0.476 e. The van der Waals surface area contributed by atoms with Gasteiger partial charge in [0.05, 0.1) is 10.7 Å². The lowest BCUT2D eigenvalue weighted by Crippen LogP contribution is -2.39. The van der Waals surface area contributed by atoms with Crippen LogP contribution in [0.25, 0.3) is 5.69 Å². The van der Waals surface area contributed by atoms with Crippen molar-refractivity contribution in [1.82, 2.24) is 19.7 Å². The molecule has 0 unspecified atom stereocenters. The third-order valence-electron chi connectivity index (χ3n) is 4.66. The number of rotatable bonds is 4. The molecule has 1 aliphatic heterocycles. The Morgan fingerprint density at radius 2 is 2.04 bits per heavy atom. The van der Waals surface area contributed by atoms with Gasteiger partial charge in [-0.1, -0.05) is 18.2 Å². The number of carboxylic acid groups (broad SMARTS) is 1. The highest BCUT2D eigenvalue weighted by Crippen LogP contribution is 2.29. The average molecular weight is 382 g/mol. The van der Waals surface area contributed by atoms with Gasteiger partial charge in [0.1, 0.15) is 5.69 Å². The summed E-state index contributed by atoms with van der Waals surface area (Å²) in [5.41, 5.74) is 0.774. The molecule has 0 saturated carbocycles. The second kappa shape index (κ2) is 7.32. The minimum absolute atomic E-state index is 0.143. The minimum Gasteiger partial charge on any atom is -0.476 e. The fourth-order valence-corrected chi connectivity index (χ4v) is 4.13. The molecule has 1 aliphatic rings. The number of thiazole rings is 1. The molecule has 138 valence electrons. The highest BCUT2D eigenvalue weighted by molar-refractivity contribution is 7.09. The molecular formula is C19H18N4O3S. The van der Waals surface area contributed by atoms with Gasteiger partial charge in [0.25, 0.3) is 5.91 Å².